The second kappa shape index (κ2) is 7.27. The predicted octanol–water partition coefficient (Wildman–Crippen LogP) is 3.84. The van der Waals surface area contributed by atoms with E-state index in [9.17, 15) is 0 Å². The van der Waals surface area contributed by atoms with Crippen LogP contribution in [0.5, 0.6) is 0 Å². The van der Waals surface area contributed by atoms with Gasteiger partial charge >= 0.3 is 0 Å². The molecule has 1 aliphatic carbocycles. The van der Waals surface area contributed by atoms with E-state index in [2.05, 4.69) is 26.1 Å². The Labute approximate surface area is 96.0 Å². The number of hydrogen-bond donors (Lipinski definition) is 1. The van der Waals surface area contributed by atoms with Crippen LogP contribution in [0.4, 0.5) is 0 Å². The van der Waals surface area contributed by atoms with Crippen LogP contribution in [0.15, 0.2) is 0 Å². The van der Waals surface area contributed by atoms with Crippen molar-refractivity contribution in [2.24, 2.45) is 17.8 Å². The molecular weight excluding hydrogens is 182 g/mol. The third kappa shape index (κ3) is 4.55. The van der Waals surface area contributed by atoms with E-state index in [1.165, 1.54) is 51.6 Å². The van der Waals surface area contributed by atoms with Crippen LogP contribution in [0.1, 0.15) is 59.3 Å². The minimum Gasteiger partial charge on any atom is -0.316 e. The van der Waals surface area contributed by atoms with E-state index in [4.69, 9.17) is 0 Å². The molecule has 3 atom stereocenters. The topological polar surface area (TPSA) is 12.0 Å². The fourth-order valence-corrected chi connectivity index (χ4v) is 2.81. The predicted molar refractivity (Wildman–Crippen MR) is 68.1 cm³/mol. The molecule has 0 aliphatic heterocycles. The molecule has 0 bridgehead atoms. The standard InChI is InChI=1S/C14H29N/c1-4-6-12(3)10-13-7-8-14(13)11-15-9-5-2/h12-15H,4-11H2,1-3H3. The van der Waals surface area contributed by atoms with Gasteiger partial charge in [0, 0.05) is 0 Å². The Bertz CT molecular complexity index is 155. The molecule has 1 rings (SSSR count). The zero-order chi connectivity index (χ0) is 11.1. The Kier molecular flexibility index (Phi) is 6.31. The lowest BCUT2D eigenvalue weighted by Gasteiger charge is -2.38. The SMILES string of the molecule is CCCNCC1CCC1CC(C)CCC. The zero-order valence-corrected chi connectivity index (χ0v) is 10.9. The van der Waals surface area contributed by atoms with Crippen molar-refractivity contribution < 1.29 is 0 Å². The average molecular weight is 211 g/mol. The summed E-state index contributed by atoms with van der Waals surface area (Å²) in [5.74, 6) is 2.99. The molecule has 0 aromatic rings. The summed E-state index contributed by atoms with van der Waals surface area (Å²) in [7, 11) is 0. The molecule has 1 N–H and O–H groups in total. The van der Waals surface area contributed by atoms with Crippen molar-refractivity contribution in [1.82, 2.24) is 5.32 Å². The molecule has 1 aliphatic rings. The van der Waals surface area contributed by atoms with Crippen molar-refractivity contribution in [3.63, 3.8) is 0 Å². The van der Waals surface area contributed by atoms with Crippen LogP contribution in [0, 0.1) is 17.8 Å². The quantitative estimate of drug-likeness (QED) is 0.602. The summed E-state index contributed by atoms with van der Waals surface area (Å²) >= 11 is 0. The molecule has 0 aromatic carbocycles. The Balaban J connectivity index is 2.09. The third-order valence-electron chi connectivity index (χ3n) is 3.89. The van der Waals surface area contributed by atoms with Crippen molar-refractivity contribution >= 4 is 0 Å². The molecule has 1 heteroatoms. The molecule has 0 radical (unpaired) electrons. The van der Waals surface area contributed by atoms with Crippen LogP contribution in [0.3, 0.4) is 0 Å². The lowest BCUT2D eigenvalue weighted by atomic mass is 9.69. The van der Waals surface area contributed by atoms with Crippen molar-refractivity contribution in [3.05, 3.63) is 0 Å². The average Bonchev–Trinajstić information content (AvgIpc) is 2.20. The molecule has 0 saturated heterocycles. The van der Waals surface area contributed by atoms with Gasteiger partial charge in [0.25, 0.3) is 0 Å². The Morgan fingerprint density at radius 2 is 1.87 bits per heavy atom. The highest BCUT2D eigenvalue weighted by Gasteiger charge is 2.30. The minimum atomic E-state index is 0.953. The van der Waals surface area contributed by atoms with Gasteiger partial charge in [0.15, 0.2) is 0 Å². The summed E-state index contributed by atoms with van der Waals surface area (Å²) in [6, 6.07) is 0. The van der Waals surface area contributed by atoms with Gasteiger partial charge in [-0.2, -0.15) is 0 Å². The summed E-state index contributed by atoms with van der Waals surface area (Å²) < 4.78 is 0. The van der Waals surface area contributed by atoms with E-state index in [0.29, 0.717) is 0 Å². The van der Waals surface area contributed by atoms with E-state index in [0.717, 1.165) is 17.8 Å². The van der Waals surface area contributed by atoms with Crippen molar-refractivity contribution in [1.29, 1.82) is 0 Å². The van der Waals surface area contributed by atoms with E-state index in [-0.39, 0.29) is 0 Å². The Hall–Kier alpha value is -0.0400. The van der Waals surface area contributed by atoms with Crippen LogP contribution in [-0.4, -0.2) is 13.1 Å². The molecule has 1 fully saturated rings. The van der Waals surface area contributed by atoms with Crippen LogP contribution in [0.2, 0.25) is 0 Å². The monoisotopic (exact) mass is 211 g/mol. The Morgan fingerprint density at radius 3 is 2.40 bits per heavy atom. The van der Waals surface area contributed by atoms with Gasteiger partial charge in [-0.1, -0.05) is 33.6 Å². The number of hydrogen-bond acceptors (Lipinski definition) is 1. The van der Waals surface area contributed by atoms with Crippen molar-refractivity contribution in [2.75, 3.05) is 13.1 Å². The minimum absolute atomic E-state index is 0.953. The van der Waals surface area contributed by atoms with E-state index >= 15 is 0 Å². The molecule has 0 heterocycles. The summed E-state index contributed by atoms with van der Waals surface area (Å²) in [5.41, 5.74) is 0. The molecule has 0 spiro atoms. The van der Waals surface area contributed by atoms with E-state index < -0.39 is 0 Å². The molecule has 0 amide bonds. The maximum absolute atomic E-state index is 3.57. The summed E-state index contributed by atoms with van der Waals surface area (Å²) in [6.07, 6.45) is 8.49. The van der Waals surface area contributed by atoms with Gasteiger partial charge in [-0.15, -0.1) is 0 Å². The first-order chi connectivity index (χ1) is 7.27. The van der Waals surface area contributed by atoms with Crippen molar-refractivity contribution in [2.45, 2.75) is 59.3 Å². The van der Waals surface area contributed by atoms with Gasteiger partial charge in [0.05, 0.1) is 0 Å². The summed E-state index contributed by atoms with van der Waals surface area (Å²) in [6.45, 7) is 9.45. The highest BCUT2D eigenvalue weighted by Crippen LogP contribution is 2.38. The highest BCUT2D eigenvalue weighted by atomic mass is 14.9. The lowest BCUT2D eigenvalue weighted by molar-refractivity contribution is 0.138. The third-order valence-corrected chi connectivity index (χ3v) is 3.89. The molecule has 1 saturated carbocycles. The summed E-state index contributed by atoms with van der Waals surface area (Å²) in [5, 5.41) is 3.57. The second-order valence-corrected chi connectivity index (χ2v) is 5.43. The molecule has 3 unspecified atom stereocenters. The fourth-order valence-electron chi connectivity index (χ4n) is 2.81. The maximum atomic E-state index is 3.57. The second-order valence-electron chi connectivity index (χ2n) is 5.43. The number of nitrogens with one attached hydrogen (secondary N) is 1. The van der Waals surface area contributed by atoms with Gasteiger partial charge in [-0.25, -0.2) is 0 Å². The zero-order valence-electron chi connectivity index (χ0n) is 10.9. The van der Waals surface area contributed by atoms with E-state index in [1.54, 1.807) is 0 Å². The lowest BCUT2D eigenvalue weighted by Crippen LogP contribution is -2.36. The molecule has 90 valence electrons. The highest BCUT2D eigenvalue weighted by molar-refractivity contribution is 4.83. The largest absolute Gasteiger partial charge is 0.316 e. The normalized spacial score (nSPS) is 27.4. The molecule has 0 aromatic heterocycles. The van der Waals surface area contributed by atoms with Gasteiger partial charge in [-0.05, 0) is 56.5 Å². The first-order valence-electron chi connectivity index (χ1n) is 6.98. The van der Waals surface area contributed by atoms with Crippen LogP contribution in [0.25, 0.3) is 0 Å². The molecular formula is C14H29N. The fraction of sp³-hybridized carbons (Fsp3) is 1.00. The van der Waals surface area contributed by atoms with Gasteiger partial charge in [0.2, 0.25) is 0 Å². The van der Waals surface area contributed by atoms with Crippen molar-refractivity contribution in [3.8, 4) is 0 Å². The van der Waals surface area contributed by atoms with Crippen LogP contribution in [-0.2, 0) is 0 Å². The number of rotatable bonds is 8. The smallest absolute Gasteiger partial charge is 0.00179 e. The molecule has 15 heavy (non-hydrogen) atoms. The molecule has 1 nitrogen and oxygen atoms in total. The van der Waals surface area contributed by atoms with Gasteiger partial charge in [0.1, 0.15) is 0 Å². The first kappa shape index (κ1) is 13.0. The Morgan fingerprint density at radius 1 is 1.13 bits per heavy atom. The van der Waals surface area contributed by atoms with Crippen LogP contribution >= 0.6 is 0 Å². The van der Waals surface area contributed by atoms with Crippen LogP contribution < -0.4 is 5.32 Å². The van der Waals surface area contributed by atoms with E-state index in [1.807, 2.05) is 0 Å². The summed E-state index contributed by atoms with van der Waals surface area (Å²) in [4.78, 5) is 0. The van der Waals surface area contributed by atoms with Gasteiger partial charge in [-0.3, -0.25) is 0 Å². The first-order valence-corrected chi connectivity index (χ1v) is 6.98. The maximum Gasteiger partial charge on any atom is -0.00179 e. The van der Waals surface area contributed by atoms with Gasteiger partial charge < -0.3 is 5.32 Å².